The lowest BCUT2D eigenvalue weighted by Gasteiger charge is -2.09. The molecule has 10 heteroatoms. The lowest BCUT2D eigenvalue weighted by Crippen LogP contribution is -2.14. The van der Waals surface area contributed by atoms with Gasteiger partial charge in [-0.05, 0) is 30.7 Å². The maximum Gasteiger partial charge on any atom is 0.236 e. The van der Waals surface area contributed by atoms with Crippen LogP contribution in [-0.4, -0.2) is 21.6 Å². The quantitative estimate of drug-likeness (QED) is 0.568. The van der Waals surface area contributed by atoms with Crippen molar-refractivity contribution in [1.29, 1.82) is 10.5 Å². The van der Waals surface area contributed by atoms with E-state index in [-0.39, 0.29) is 28.6 Å². The predicted octanol–water partition coefficient (Wildman–Crippen LogP) is 3.82. The highest BCUT2D eigenvalue weighted by atomic mass is 79.9. The van der Waals surface area contributed by atoms with Gasteiger partial charge in [0.2, 0.25) is 5.91 Å². The van der Waals surface area contributed by atoms with Crippen molar-refractivity contribution >= 4 is 66.1 Å². The first-order valence-corrected chi connectivity index (χ1v) is 10.1. The van der Waals surface area contributed by atoms with Crippen LogP contribution < -0.4 is 11.1 Å². The Balaban J connectivity index is 1.74. The van der Waals surface area contributed by atoms with Gasteiger partial charge in [-0.15, -0.1) is 0 Å². The number of benzene rings is 1. The van der Waals surface area contributed by atoms with Gasteiger partial charge in [-0.25, -0.2) is 9.97 Å². The van der Waals surface area contributed by atoms with Gasteiger partial charge < -0.3 is 11.1 Å². The Morgan fingerprint density at radius 3 is 2.78 bits per heavy atom. The number of rotatable bonds is 4. The molecule has 0 spiro atoms. The number of nitrogens with one attached hydrogen (secondary N) is 1. The van der Waals surface area contributed by atoms with E-state index in [2.05, 4.69) is 31.2 Å². The summed E-state index contributed by atoms with van der Waals surface area (Å²) in [6.07, 6.45) is 0. The number of hydrogen-bond acceptors (Lipinski definition) is 8. The van der Waals surface area contributed by atoms with E-state index in [0.29, 0.717) is 15.7 Å². The molecule has 1 aromatic carbocycles. The summed E-state index contributed by atoms with van der Waals surface area (Å²) in [5.74, 6) is -0.190. The lowest BCUT2D eigenvalue weighted by molar-refractivity contribution is -0.113. The van der Waals surface area contributed by atoms with Crippen molar-refractivity contribution in [3.63, 3.8) is 0 Å². The molecule has 134 valence electrons. The summed E-state index contributed by atoms with van der Waals surface area (Å²) < 4.78 is 1.90. The molecule has 1 amide bonds. The van der Waals surface area contributed by atoms with Gasteiger partial charge in [-0.3, -0.25) is 4.79 Å². The van der Waals surface area contributed by atoms with E-state index in [9.17, 15) is 10.1 Å². The number of hydrogen-bond donors (Lipinski definition) is 2. The molecule has 3 aromatic rings. The number of amides is 1. The van der Waals surface area contributed by atoms with Crippen LogP contribution in [0, 0.1) is 29.6 Å². The van der Waals surface area contributed by atoms with Crippen LogP contribution in [0.5, 0.6) is 0 Å². The highest BCUT2D eigenvalue weighted by molar-refractivity contribution is 9.10. The van der Waals surface area contributed by atoms with E-state index in [1.165, 1.54) is 11.3 Å². The van der Waals surface area contributed by atoms with Crippen molar-refractivity contribution in [2.24, 2.45) is 0 Å². The van der Waals surface area contributed by atoms with Crippen LogP contribution in [-0.2, 0) is 4.79 Å². The first kappa shape index (κ1) is 19.1. The maximum atomic E-state index is 12.3. The molecular formula is C17H11BrN6OS2. The summed E-state index contributed by atoms with van der Waals surface area (Å²) in [4.78, 5) is 20.7. The molecule has 3 N–H and O–H groups in total. The monoisotopic (exact) mass is 458 g/mol. The third kappa shape index (κ3) is 4.03. The minimum absolute atomic E-state index is 0.0338. The topological polar surface area (TPSA) is 128 Å². The molecule has 0 radical (unpaired) electrons. The number of carbonyl (C=O) groups is 1. The number of nitrogens with zero attached hydrogens (tertiary/aromatic N) is 4. The number of thioether (sulfide) groups is 1. The smallest absolute Gasteiger partial charge is 0.236 e. The number of carbonyl (C=O) groups excluding carboxylic acids is 1. The Bertz CT molecular complexity index is 1150. The van der Waals surface area contributed by atoms with Gasteiger partial charge in [0, 0.05) is 4.47 Å². The van der Waals surface area contributed by atoms with E-state index in [4.69, 9.17) is 11.0 Å². The number of aromatic nitrogens is 2. The second kappa shape index (κ2) is 7.92. The second-order valence-corrected chi connectivity index (χ2v) is 8.28. The molecular weight excluding hydrogens is 448 g/mol. The summed E-state index contributed by atoms with van der Waals surface area (Å²) in [5, 5.41) is 22.0. The van der Waals surface area contributed by atoms with Crippen molar-refractivity contribution < 1.29 is 4.79 Å². The first-order chi connectivity index (χ1) is 12.9. The zero-order valence-corrected chi connectivity index (χ0v) is 17.1. The molecule has 27 heavy (non-hydrogen) atoms. The highest BCUT2D eigenvalue weighted by Gasteiger charge is 2.17. The molecule has 0 aliphatic carbocycles. The van der Waals surface area contributed by atoms with E-state index >= 15 is 0 Å². The van der Waals surface area contributed by atoms with Crippen LogP contribution in [0.15, 0.2) is 27.7 Å². The molecule has 2 heterocycles. The molecule has 7 nitrogen and oxygen atoms in total. The van der Waals surface area contributed by atoms with E-state index in [1.807, 2.05) is 30.3 Å². The summed E-state index contributed by atoms with van der Waals surface area (Å²) >= 11 is 5.87. The zero-order valence-electron chi connectivity index (χ0n) is 13.9. The van der Waals surface area contributed by atoms with Crippen LogP contribution in [0.2, 0.25) is 0 Å². The minimum atomic E-state index is -0.274. The Labute approximate surface area is 171 Å². The van der Waals surface area contributed by atoms with Gasteiger partial charge in [-0.2, -0.15) is 10.5 Å². The number of nitrogens with two attached hydrogens (primary N) is 1. The van der Waals surface area contributed by atoms with Gasteiger partial charge in [-0.1, -0.05) is 39.0 Å². The normalized spacial score (nSPS) is 10.4. The number of pyridine rings is 1. The first-order valence-electron chi connectivity index (χ1n) is 7.52. The SMILES string of the molecule is Cc1c(C#N)c(N)nc(SCC(=O)Nc2nc3ccc(Br)cc3s2)c1C#N. The number of halogens is 1. The Hall–Kier alpha value is -2.66. The van der Waals surface area contributed by atoms with Crippen molar-refractivity contribution in [2.45, 2.75) is 11.9 Å². The Morgan fingerprint density at radius 2 is 2.07 bits per heavy atom. The highest BCUT2D eigenvalue weighted by Crippen LogP contribution is 2.30. The Kier molecular flexibility index (Phi) is 5.61. The third-order valence-corrected chi connectivity index (χ3v) is 6.00. The van der Waals surface area contributed by atoms with Crippen molar-refractivity contribution in [2.75, 3.05) is 16.8 Å². The standard InChI is InChI=1S/C17H11BrN6OS2/c1-8-10(5-19)15(21)24-16(11(8)6-20)26-7-14(25)23-17-22-12-3-2-9(18)4-13(12)27-17/h2-4H,7H2,1H3,(H2,21,24)(H,22,23,25). The largest absolute Gasteiger partial charge is 0.383 e. The van der Waals surface area contributed by atoms with Crippen molar-refractivity contribution in [1.82, 2.24) is 9.97 Å². The predicted molar refractivity (Wildman–Crippen MR) is 109 cm³/mol. The molecule has 0 unspecified atom stereocenters. The van der Waals surface area contributed by atoms with Gasteiger partial charge in [0.25, 0.3) is 0 Å². The van der Waals surface area contributed by atoms with Crippen LogP contribution in [0.25, 0.3) is 10.2 Å². The maximum absolute atomic E-state index is 12.3. The van der Waals surface area contributed by atoms with Crippen LogP contribution in [0.3, 0.4) is 0 Å². The van der Waals surface area contributed by atoms with E-state index in [1.54, 1.807) is 6.92 Å². The molecule has 0 saturated heterocycles. The average molecular weight is 459 g/mol. The number of fused-ring (bicyclic) bond motifs is 1. The summed E-state index contributed by atoms with van der Waals surface area (Å²) in [5.41, 5.74) is 7.47. The number of thiazole rings is 1. The number of nitriles is 2. The summed E-state index contributed by atoms with van der Waals surface area (Å²) in [7, 11) is 0. The lowest BCUT2D eigenvalue weighted by atomic mass is 10.1. The average Bonchev–Trinajstić information content (AvgIpc) is 3.01. The summed E-state index contributed by atoms with van der Waals surface area (Å²) in [6, 6.07) is 9.65. The molecule has 0 aliphatic rings. The minimum Gasteiger partial charge on any atom is -0.383 e. The molecule has 0 bridgehead atoms. The van der Waals surface area contributed by atoms with Crippen LogP contribution in [0.1, 0.15) is 16.7 Å². The van der Waals surface area contributed by atoms with E-state index in [0.717, 1.165) is 26.5 Å². The summed E-state index contributed by atoms with van der Waals surface area (Å²) in [6.45, 7) is 1.64. The fourth-order valence-electron chi connectivity index (χ4n) is 2.32. The molecule has 0 atom stereocenters. The van der Waals surface area contributed by atoms with Gasteiger partial charge in [0.15, 0.2) is 5.13 Å². The molecule has 2 aromatic heterocycles. The van der Waals surface area contributed by atoms with Gasteiger partial charge in [0.1, 0.15) is 23.0 Å². The second-order valence-electron chi connectivity index (χ2n) is 5.37. The van der Waals surface area contributed by atoms with Crippen molar-refractivity contribution in [3.05, 3.63) is 39.4 Å². The zero-order chi connectivity index (χ0) is 19.6. The van der Waals surface area contributed by atoms with Crippen LogP contribution >= 0.6 is 39.0 Å². The van der Waals surface area contributed by atoms with Crippen LogP contribution in [0.4, 0.5) is 10.9 Å². The number of anilines is 2. The van der Waals surface area contributed by atoms with E-state index < -0.39 is 0 Å². The molecule has 0 fully saturated rings. The fourth-order valence-corrected chi connectivity index (χ4v) is 4.60. The Morgan fingerprint density at radius 1 is 1.33 bits per heavy atom. The molecule has 0 saturated carbocycles. The molecule has 0 aliphatic heterocycles. The van der Waals surface area contributed by atoms with Crippen molar-refractivity contribution in [3.8, 4) is 12.1 Å². The van der Waals surface area contributed by atoms with Gasteiger partial charge in [0.05, 0.1) is 27.1 Å². The molecule has 3 rings (SSSR count). The third-order valence-electron chi connectivity index (χ3n) is 3.60. The number of nitrogen functional groups attached to an aromatic ring is 1. The fraction of sp³-hybridized carbons (Fsp3) is 0.118. The van der Waals surface area contributed by atoms with Gasteiger partial charge >= 0.3 is 0 Å².